The highest BCUT2D eigenvalue weighted by molar-refractivity contribution is 5.79. The van der Waals surface area contributed by atoms with Crippen LogP contribution in [-0.2, 0) is 11.3 Å². The molecule has 0 unspecified atom stereocenters. The highest BCUT2D eigenvalue weighted by Crippen LogP contribution is 2.37. The maximum atomic E-state index is 11.5. The number of amides is 1. The summed E-state index contributed by atoms with van der Waals surface area (Å²) in [5.41, 5.74) is 2.53. The number of likely N-dealkylation sites (tertiary alicyclic amines) is 1. The Hall–Kier alpha value is -1.81. The summed E-state index contributed by atoms with van der Waals surface area (Å²) < 4.78 is 5.72. The second-order valence-electron chi connectivity index (χ2n) is 7.12. The van der Waals surface area contributed by atoms with Gasteiger partial charge >= 0.3 is 0 Å². The van der Waals surface area contributed by atoms with Crippen molar-refractivity contribution >= 4 is 5.91 Å². The predicted molar refractivity (Wildman–Crippen MR) is 91.3 cm³/mol. The van der Waals surface area contributed by atoms with Crippen molar-refractivity contribution < 1.29 is 9.53 Å². The average molecular weight is 314 g/mol. The van der Waals surface area contributed by atoms with E-state index in [9.17, 15) is 4.79 Å². The van der Waals surface area contributed by atoms with Gasteiger partial charge in [-0.05, 0) is 61.5 Å². The molecule has 1 spiro atoms. The van der Waals surface area contributed by atoms with Crippen LogP contribution < -0.4 is 10.1 Å². The minimum atomic E-state index is 0.222. The molecule has 2 heterocycles. The maximum Gasteiger partial charge on any atom is 0.220 e. The topological polar surface area (TPSA) is 41.6 Å². The van der Waals surface area contributed by atoms with E-state index < -0.39 is 0 Å². The summed E-state index contributed by atoms with van der Waals surface area (Å²) in [4.78, 5) is 14.0. The second-order valence-corrected chi connectivity index (χ2v) is 7.12. The van der Waals surface area contributed by atoms with Crippen molar-refractivity contribution in [3.63, 3.8) is 0 Å². The number of nitrogens with one attached hydrogen (secondary N) is 1. The molecular weight excluding hydrogens is 288 g/mol. The Morgan fingerprint density at radius 2 is 2.17 bits per heavy atom. The fraction of sp³-hybridized carbons (Fsp3) is 0.526. The lowest BCUT2D eigenvalue weighted by Gasteiger charge is -2.38. The van der Waals surface area contributed by atoms with E-state index in [0.29, 0.717) is 13.0 Å². The molecular formula is C19H26N2O2. The van der Waals surface area contributed by atoms with Crippen LogP contribution in [0.3, 0.4) is 0 Å². The molecule has 0 radical (unpaired) electrons. The van der Waals surface area contributed by atoms with Gasteiger partial charge in [0.05, 0.1) is 0 Å². The van der Waals surface area contributed by atoms with Gasteiger partial charge in [-0.25, -0.2) is 0 Å². The Kier molecular flexibility index (Phi) is 4.71. The Balaban J connectivity index is 1.53. The van der Waals surface area contributed by atoms with E-state index in [4.69, 9.17) is 4.74 Å². The Morgan fingerprint density at radius 3 is 2.83 bits per heavy atom. The minimum absolute atomic E-state index is 0.222. The van der Waals surface area contributed by atoms with Gasteiger partial charge in [0.2, 0.25) is 5.91 Å². The normalized spacial score (nSPS) is 20.5. The molecule has 1 N–H and O–H groups in total. The van der Waals surface area contributed by atoms with Gasteiger partial charge in [-0.15, -0.1) is 0 Å². The summed E-state index contributed by atoms with van der Waals surface area (Å²) >= 11 is 0. The van der Waals surface area contributed by atoms with Crippen LogP contribution in [0.25, 0.3) is 0 Å². The van der Waals surface area contributed by atoms with Crippen LogP contribution in [0.15, 0.2) is 36.4 Å². The molecule has 0 aromatic heterocycles. The molecule has 2 saturated heterocycles. The van der Waals surface area contributed by atoms with Crippen molar-refractivity contribution in [3.8, 4) is 5.75 Å². The van der Waals surface area contributed by atoms with Crippen LogP contribution in [0.2, 0.25) is 0 Å². The molecule has 124 valence electrons. The summed E-state index contributed by atoms with van der Waals surface area (Å²) in [7, 11) is 0. The molecule has 3 rings (SSSR count). The molecule has 2 fully saturated rings. The molecule has 2 aliphatic rings. The summed E-state index contributed by atoms with van der Waals surface area (Å²) in [5.74, 6) is 1.13. The van der Waals surface area contributed by atoms with E-state index in [1.54, 1.807) is 0 Å². The van der Waals surface area contributed by atoms with Gasteiger partial charge in [0.15, 0.2) is 0 Å². The average Bonchev–Trinajstić information content (AvgIpc) is 2.89. The smallest absolute Gasteiger partial charge is 0.220 e. The van der Waals surface area contributed by atoms with Gasteiger partial charge in [-0.3, -0.25) is 9.69 Å². The van der Waals surface area contributed by atoms with Gasteiger partial charge in [0.25, 0.3) is 0 Å². The van der Waals surface area contributed by atoms with Crippen LogP contribution >= 0.6 is 0 Å². The standard InChI is InChI=1S/C19H26N2O2/c1-15(2)13-23-17-5-3-4-16(10-17)12-21-8-6-19(7-9-21)11-18(22)20-14-19/h3-5,10H,1,6-9,11-14H2,2H3,(H,20,22). The first-order chi connectivity index (χ1) is 11.0. The number of piperidine rings is 1. The molecule has 0 aliphatic carbocycles. The first-order valence-electron chi connectivity index (χ1n) is 8.40. The molecule has 23 heavy (non-hydrogen) atoms. The number of nitrogens with zero attached hydrogens (tertiary/aromatic N) is 1. The summed E-state index contributed by atoms with van der Waals surface area (Å²) in [6, 6.07) is 8.31. The van der Waals surface area contributed by atoms with Crippen molar-refractivity contribution in [2.24, 2.45) is 5.41 Å². The maximum absolute atomic E-state index is 11.5. The molecule has 4 heteroatoms. The number of hydrogen-bond acceptors (Lipinski definition) is 3. The number of carbonyl (C=O) groups excluding carboxylic acids is 1. The Morgan fingerprint density at radius 1 is 1.39 bits per heavy atom. The van der Waals surface area contributed by atoms with E-state index >= 15 is 0 Å². The van der Waals surface area contributed by atoms with Crippen LogP contribution in [0.5, 0.6) is 5.75 Å². The van der Waals surface area contributed by atoms with Crippen LogP contribution in [0, 0.1) is 5.41 Å². The lowest BCUT2D eigenvalue weighted by molar-refractivity contribution is -0.119. The summed E-state index contributed by atoms with van der Waals surface area (Å²) in [5, 5.41) is 2.99. The zero-order chi connectivity index (χ0) is 16.3. The molecule has 1 aromatic rings. The van der Waals surface area contributed by atoms with Crippen molar-refractivity contribution in [3.05, 3.63) is 42.0 Å². The van der Waals surface area contributed by atoms with E-state index in [0.717, 1.165) is 50.3 Å². The van der Waals surface area contributed by atoms with Crippen LogP contribution in [0.1, 0.15) is 31.7 Å². The zero-order valence-electron chi connectivity index (χ0n) is 13.9. The lowest BCUT2D eigenvalue weighted by atomic mass is 9.77. The van der Waals surface area contributed by atoms with Gasteiger partial charge in [0.1, 0.15) is 12.4 Å². The zero-order valence-corrected chi connectivity index (χ0v) is 13.9. The molecule has 1 amide bonds. The molecule has 4 nitrogen and oxygen atoms in total. The SMILES string of the molecule is C=C(C)COc1cccc(CN2CCC3(CC2)CNC(=O)C3)c1. The first kappa shape index (κ1) is 16.1. The van der Waals surface area contributed by atoms with E-state index in [1.165, 1.54) is 5.56 Å². The number of benzene rings is 1. The number of hydrogen-bond donors (Lipinski definition) is 1. The largest absolute Gasteiger partial charge is 0.489 e. The Bertz CT molecular complexity index is 589. The summed E-state index contributed by atoms with van der Waals surface area (Å²) in [6.07, 6.45) is 2.93. The van der Waals surface area contributed by atoms with Gasteiger partial charge < -0.3 is 10.1 Å². The number of rotatable bonds is 5. The molecule has 1 aromatic carbocycles. The molecule has 0 bridgehead atoms. The van der Waals surface area contributed by atoms with Crippen molar-refractivity contribution in [1.29, 1.82) is 0 Å². The predicted octanol–water partition coefficient (Wildman–Crippen LogP) is 2.74. The third kappa shape index (κ3) is 4.14. The second kappa shape index (κ2) is 6.75. The monoisotopic (exact) mass is 314 g/mol. The lowest BCUT2D eigenvalue weighted by Crippen LogP contribution is -2.40. The fourth-order valence-electron chi connectivity index (χ4n) is 3.49. The third-order valence-electron chi connectivity index (χ3n) is 4.90. The van der Waals surface area contributed by atoms with Crippen molar-refractivity contribution in [2.45, 2.75) is 32.7 Å². The van der Waals surface area contributed by atoms with E-state index in [-0.39, 0.29) is 11.3 Å². The minimum Gasteiger partial charge on any atom is -0.489 e. The van der Waals surface area contributed by atoms with Crippen LogP contribution in [0.4, 0.5) is 0 Å². The van der Waals surface area contributed by atoms with Gasteiger partial charge in [-0.1, -0.05) is 18.7 Å². The van der Waals surface area contributed by atoms with Crippen molar-refractivity contribution in [2.75, 3.05) is 26.2 Å². The van der Waals surface area contributed by atoms with Crippen molar-refractivity contribution in [1.82, 2.24) is 10.2 Å². The fourth-order valence-corrected chi connectivity index (χ4v) is 3.49. The van der Waals surface area contributed by atoms with Crippen LogP contribution in [-0.4, -0.2) is 37.0 Å². The van der Waals surface area contributed by atoms with E-state index in [1.807, 2.05) is 19.1 Å². The Labute approximate surface area is 138 Å². The number of carbonyl (C=O) groups is 1. The van der Waals surface area contributed by atoms with Gasteiger partial charge in [-0.2, -0.15) is 0 Å². The van der Waals surface area contributed by atoms with E-state index in [2.05, 4.69) is 28.9 Å². The quantitative estimate of drug-likeness (QED) is 0.850. The molecule has 0 saturated carbocycles. The molecule has 2 aliphatic heterocycles. The molecule has 0 atom stereocenters. The van der Waals surface area contributed by atoms with Gasteiger partial charge in [0, 0.05) is 19.5 Å². The number of ether oxygens (including phenoxy) is 1. The first-order valence-corrected chi connectivity index (χ1v) is 8.40. The summed E-state index contributed by atoms with van der Waals surface area (Å²) in [6.45, 7) is 10.3. The highest BCUT2D eigenvalue weighted by Gasteiger charge is 2.40. The highest BCUT2D eigenvalue weighted by atomic mass is 16.5. The third-order valence-corrected chi connectivity index (χ3v) is 4.90.